The zero-order valence-corrected chi connectivity index (χ0v) is 15.3. The number of para-hydroxylation sites is 2. The zero-order valence-electron chi connectivity index (χ0n) is 15.3. The smallest absolute Gasteiger partial charge is 0.251 e. The topological polar surface area (TPSA) is 79.5 Å². The summed E-state index contributed by atoms with van der Waals surface area (Å²) in [5.41, 5.74) is 1.98. The van der Waals surface area contributed by atoms with Gasteiger partial charge in [0.1, 0.15) is 5.75 Å². The van der Waals surface area contributed by atoms with E-state index in [0.717, 1.165) is 5.69 Å². The van der Waals surface area contributed by atoms with Gasteiger partial charge in [-0.05, 0) is 42.3 Å². The van der Waals surface area contributed by atoms with Gasteiger partial charge in [-0.1, -0.05) is 26.0 Å². The summed E-state index contributed by atoms with van der Waals surface area (Å²) < 4.78 is 5.74. The SMILES string of the molecule is CNC(=O)c1ccc(NCC(=O)Nc2ccccc2OCC(C)C)cc1. The third kappa shape index (κ3) is 5.81. The number of ether oxygens (including phenoxy) is 1. The second-order valence-corrected chi connectivity index (χ2v) is 6.26. The molecule has 0 fully saturated rings. The van der Waals surface area contributed by atoms with Gasteiger partial charge in [0.15, 0.2) is 0 Å². The highest BCUT2D eigenvalue weighted by atomic mass is 16.5. The minimum atomic E-state index is -0.180. The lowest BCUT2D eigenvalue weighted by Gasteiger charge is -2.14. The molecule has 0 aliphatic heterocycles. The molecule has 2 aromatic rings. The van der Waals surface area contributed by atoms with Crippen LogP contribution in [-0.4, -0.2) is 32.0 Å². The predicted molar refractivity (Wildman–Crippen MR) is 104 cm³/mol. The molecular weight excluding hydrogens is 330 g/mol. The van der Waals surface area contributed by atoms with Crippen molar-refractivity contribution in [1.82, 2.24) is 5.32 Å². The first-order valence-corrected chi connectivity index (χ1v) is 8.57. The van der Waals surface area contributed by atoms with Crippen LogP contribution in [0.2, 0.25) is 0 Å². The number of carbonyl (C=O) groups excluding carboxylic acids is 2. The number of hydrogen-bond acceptors (Lipinski definition) is 4. The number of amides is 2. The van der Waals surface area contributed by atoms with Crippen LogP contribution in [0.4, 0.5) is 11.4 Å². The van der Waals surface area contributed by atoms with Crippen LogP contribution in [0.25, 0.3) is 0 Å². The number of nitrogens with one attached hydrogen (secondary N) is 3. The number of hydrogen-bond donors (Lipinski definition) is 3. The Kier molecular flexibility index (Phi) is 7.02. The highest BCUT2D eigenvalue weighted by Gasteiger charge is 2.09. The van der Waals surface area contributed by atoms with Crippen molar-refractivity contribution in [3.8, 4) is 5.75 Å². The maximum absolute atomic E-state index is 12.2. The Hall–Kier alpha value is -3.02. The summed E-state index contributed by atoms with van der Waals surface area (Å²) in [5, 5.41) is 8.45. The van der Waals surface area contributed by atoms with Crippen LogP contribution in [0.1, 0.15) is 24.2 Å². The normalized spacial score (nSPS) is 10.3. The average molecular weight is 355 g/mol. The molecule has 0 saturated carbocycles. The van der Waals surface area contributed by atoms with Crippen molar-refractivity contribution in [2.45, 2.75) is 13.8 Å². The number of rotatable bonds is 8. The maximum Gasteiger partial charge on any atom is 0.251 e. The second-order valence-electron chi connectivity index (χ2n) is 6.26. The lowest BCUT2D eigenvalue weighted by molar-refractivity contribution is -0.114. The monoisotopic (exact) mass is 355 g/mol. The Morgan fingerprint density at radius 3 is 2.38 bits per heavy atom. The molecular formula is C20H25N3O3. The Morgan fingerprint density at radius 2 is 1.73 bits per heavy atom. The van der Waals surface area contributed by atoms with Crippen molar-refractivity contribution in [3.05, 3.63) is 54.1 Å². The standard InChI is InChI=1S/C20H25N3O3/c1-14(2)13-26-18-7-5-4-6-17(18)23-19(24)12-22-16-10-8-15(9-11-16)20(25)21-3/h4-11,14,22H,12-13H2,1-3H3,(H,21,25)(H,23,24). The molecule has 0 heterocycles. The van der Waals surface area contributed by atoms with E-state index in [1.54, 1.807) is 31.3 Å². The van der Waals surface area contributed by atoms with Gasteiger partial charge in [0.05, 0.1) is 18.8 Å². The van der Waals surface area contributed by atoms with Crippen LogP contribution in [-0.2, 0) is 4.79 Å². The minimum absolute atomic E-state index is 0.109. The lowest BCUT2D eigenvalue weighted by atomic mass is 10.2. The van der Waals surface area contributed by atoms with Crippen molar-refractivity contribution < 1.29 is 14.3 Å². The summed E-state index contributed by atoms with van der Waals surface area (Å²) in [6, 6.07) is 14.3. The molecule has 0 bridgehead atoms. The van der Waals surface area contributed by atoms with E-state index >= 15 is 0 Å². The first-order valence-electron chi connectivity index (χ1n) is 8.57. The van der Waals surface area contributed by atoms with Gasteiger partial charge in [0.25, 0.3) is 5.91 Å². The van der Waals surface area contributed by atoms with Gasteiger partial charge in [-0.15, -0.1) is 0 Å². The zero-order chi connectivity index (χ0) is 18.9. The molecule has 0 atom stereocenters. The van der Waals surface area contributed by atoms with Gasteiger partial charge in [0.2, 0.25) is 5.91 Å². The van der Waals surface area contributed by atoms with Crippen molar-refractivity contribution in [3.63, 3.8) is 0 Å². The predicted octanol–water partition coefficient (Wildman–Crippen LogP) is 3.13. The molecule has 2 rings (SSSR count). The van der Waals surface area contributed by atoms with E-state index in [4.69, 9.17) is 4.74 Å². The molecule has 0 radical (unpaired) electrons. The van der Waals surface area contributed by atoms with Crippen molar-refractivity contribution in [1.29, 1.82) is 0 Å². The van der Waals surface area contributed by atoms with E-state index < -0.39 is 0 Å². The van der Waals surface area contributed by atoms with Crippen molar-refractivity contribution in [2.75, 3.05) is 30.8 Å². The number of benzene rings is 2. The molecule has 26 heavy (non-hydrogen) atoms. The molecule has 138 valence electrons. The average Bonchev–Trinajstić information content (AvgIpc) is 2.65. The van der Waals surface area contributed by atoms with Gasteiger partial charge in [-0.3, -0.25) is 9.59 Å². The van der Waals surface area contributed by atoms with E-state index in [9.17, 15) is 9.59 Å². The quantitative estimate of drug-likeness (QED) is 0.680. The molecule has 2 amide bonds. The fourth-order valence-electron chi connectivity index (χ4n) is 2.21. The van der Waals surface area contributed by atoms with Gasteiger partial charge < -0.3 is 20.7 Å². The third-order valence-electron chi connectivity index (χ3n) is 3.56. The fraction of sp³-hybridized carbons (Fsp3) is 0.300. The van der Waals surface area contributed by atoms with E-state index in [2.05, 4.69) is 29.8 Å². The molecule has 0 aliphatic rings. The molecule has 3 N–H and O–H groups in total. The molecule has 6 nitrogen and oxygen atoms in total. The molecule has 0 saturated heterocycles. The molecule has 6 heteroatoms. The summed E-state index contributed by atoms with van der Waals surface area (Å²) in [6.07, 6.45) is 0. The summed E-state index contributed by atoms with van der Waals surface area (Å²) in [4.78, 5) is 23.7. The summed E-state index contributed by atoms with van der Waals surface area (Å²) in [6.45, 7) is 4.84. The van der Waals surface area contributed by atoms with Gasteiger partial charge >= 0.3 is 0 Å². The summed E-state index contributed by atoms with van der Waals surface area (Å²) in [7, 11) is 1.58. The van der Waals surface area contributed by atoms with Crippen molar-refractivity contribution >= 4 is 23.2 Å². The highest BCUT2D eigenvalue weighted by Crippen LogP contribution is 2.24. The Balaban J connectivity index is 1.90. The Labute approximate surface area is 153 Å². The molecule has 0 unspecified atom stereocenters. The third-order valence-corrected chi connectivity index (χ3v) is 3.56. The minimum Gasteiger partial charge on any atom is -0.491 e. The van der Waals surface area contributed by atoms with E-state index in [0.29, 0.717) is 29.5 Å². The van der Waals surface area contributed by atoms with E-state index in [1.807, 2.05) is 24.3 Å². The Bertz CT molecular complexity index is 742. The van der Waals surface area contributed by atoms with Crippen LogP contribution in [0.5, 0.6) is 5.75 Å². The summed E-state index contributed by atoms with van der Waals surface area (Å²) in [5.74, 6) is 0.732. The van der Waals surface area contributed by atoms with Gasteiger partial charge in [0, 0.05) is 18.3 Å². The molecule has 0 aromatic heterocycles. The lowest BCUT2D eigenvalue weighted by Crippen LogP contribution is -2.22. The molecule has 2 aromatic carbocycles. The van der Waals surface area contributed by atoms with E-state index in [1.165, 1.54) is 0 Å². The maximum atomic E-state index is 12.2. The number of carbonyl (C=O) groups is 2. The van der Waals surface area contributed by atoms with Crippen LogP contribution in [0.15, 0.2) is 48.5 Å². The van der Waals surface area contributed by atoms with Gasteiger partial charge in [-0.25, -0.2) is 0 Å². The summed E-state index contributed by atoms with van der Waals surface area (Å²) >= 11 is 0. The largest absolute Gasteiger partial charge is 0.491 e. The second kappa shape index (κ2) is 9.46. The van der Waals surface area contributed by atoms with Crippen LogP contribution in [0, 0.1) is 5.92 Å². The van der Waals surface area contributed by atoms with Crippen LogP contribution < -0.4 is 20.7 Å². The van der Waals surface area contributed by atoms with Crippen LogP contribution in [0.3, 0.4) is 0 Å². The van der Waals surface area contributed by atoms with Crippen LogP contribution >= 0.6 is 0 Å². The highest BCUT2D eigenvalue weighted by molar-refractivity contribution is 5.96. The fourth-order valence-corrected chi connectivity index (χ4v) is 2.21. The van der Waals surface area contributed by atoms with E-state index in [-0.39, 0.29) is 18.4 Å². The Morgan fingerprint density at radius 1 is 1.04 bits per heavy atom. The van der Waals surface area contributed by atoms with Crippen molar-refractivity contribution in [2.24, 2.45) is 5.92 Å². The first kappa shape index (κ1) is 19.3. The molecule has 0 aliphatic carbocycles. The van der Waals surface area contributed by atoms with Gasteiger partial charge in [-0.2, -0.15) is 0 Å². The number of anilines is 2. The molecule has 0 spiro atoms. The first-order chi connectivity index (χ1) is 12.5.